The molecule has 0 radical (unpaired) electrons. The van der Waals surface area contributed by atoms with Crippen LogP contribution in [0.4, 0.5) is 34.1 Å². The van der Waals surface area contributed by atoms with E-state index in [0.717, 1.165) is 39.7 Å². The first-order valence-corrected chi connectivity index (χ1v) is 25.5. The zero-order chi connectivity index (χ0) is 49.0. The summed E-state index contributed by atoms with van der Waals surface area (Å²) in [5, 5.41) is 4.94. The van der Waals surface area contributed by atoms with Gasteiger partial charge < -0.3 is 9.80 Å². The Balaban J connectivity index is 0.883. The van der Waals surface area contributed by atoms with Crippen LogP contribution in [0.2, 0.25) is 0 Å². The number of anilines is 6. The molecule has 0 aromatic heterocycles. The maximum atomic E-state index is 2.44. The van der Waals surface area contributed by atoms with Crippen LogP contribution in [0.3, 0.4) is 0 Å². The van der Waals surface area contributed by atoms with Crippen LogP contribution in [-0.2, 0) is 0 Å². The topological polar surface area (TPSA) is 6.48 Å². The van der Waals surface area contributed by atoms with Crippen molar-refractivity contribution in [2.45, 2.75) is 0 Å². The van der Waals surface area contributed by atoms with Crippen molar-refractivity contribution in [1.29, 1.82) is 0 Å². The fourth-order valence-electron chi connectivity index (χ4n) is 11.6. The number of hydrogen-bond donors (Lipinski definition) is 0. The van der Waals surface area contributed by atoms with Gasteiger partial charge in [-0.15, -0.1) is 0 Å². The highest BCUT2D eigenvalue weighted by Crippen LogP contribution is 2.49. The van der Waals surface area contributed by atoms with Crippen molar-refractivity contribution in [3.63, 3.8) is 0 Å². The van der Waals surface area contributed by atoms with Gasteiger partial charge in [0.25, 0.3) is 0 Å². The fraction of sp³-hybridized carbons (Fsp3) is 0. The van der Waals surface area contributed by atoms with Gasteiger partial charge in [0.15, 0.2) is 0 Å². The Morgan fingerprint density at radius 3 is 0.892 bits per heavy atom. The third-order valence-electron chi connectivity index (χ3n) is 15.0. The van der Waals surface area contributed by atoms with Gasteiger partial charge in [0.2, 0.25) is 0 Å². The second kappa shape index (κ2) is 18.1. The van der Waals surface area contributed by atoms with Crippen molar-refractivity contribution in [1.82, 2.24) is 0 Å². The Kier molecular flexibility index (Phi) is 10.6. The predicted molar refractivity (Wildman–Crippen MR) is 314 cm³/mol. The molecule has 0 unspecified atom stereocenters. The first-order valence-electron chi connectivity index (χ1n) is 25.5. The molecule has 0 aliphatic heterocycles. The first kappa shape index (κ1) is 43.1. The van der Waals surface area contributed by atoms with E-state index in [0.29, 0.717) is 0 Å². The molecule has 0 fully saturated rings. The smallest absolute Gasteiger partial charge is 0.0463 e. The minimum absolute atomic E-state index is 1.07. The van der Waals surface area contributed by atoms with E-state index in [2.05, 4.69) is 301 Å². The highest BCUT2D eigenvalue weighted by atomic mass is 15.2. The molecule has 74 heavy (non-hydrogen) atoms. The van der Waals surface area contributed by atoms with Crippen molar-refractivity contribution in [2.24, 2.45) is 0 Å². The molecule has 0 amide bonds. The molecule has 2 aliphatic rings. The Morgan fingerprint density at radius 1 is 0.216 bits per heavy atom. The third kappa shape index (κ3) is 7.35. The lowest BCUT2D eigenvalue weighted by molar-refractivity contribution is 1.25. The highest BCUT2D eigenvalue weighted by Gasteiger charge is 2.25. The van der Waals surface area contributed by atoms with Crippen LogP contribution >= 0.6 is 0 Å². The molecule has 346 valence electrons. The molecule has 2 nitrogen and oxygen atoms in total. The molecule has 0 saturated heterocycles. The van der Waals surface area contributed by atoms with E-state index in [-0.39, 0.29) is 0 Å². The Labute approximate surface area is 432 Å². The zero-order valence-electron chi connectivity index (χ0n) is 40.6. The molecule has 0 heterocycles. The van der Waals surface area contributed by atoms with E-state index in [1.165, 1.54) is 93.9 Å². The van der Waals surface area contributed by atoms with Gasteiger partial charge in [-0.25, -0.2) is 0 Å². The summed E-state index contributed by atoms with van der Waals surface area (Å²) in [6.07, 6.45) is 4.78. The van der Waals surface area contributed by atoms with E-state index in [4.69, 9.17) is 0 Å². The SMILES string of the molecule is C(=C1c2ccccc2-c2ccccc21)c1ccc(N(c2ccc(-c3c4ccccc4c(C=C4c5ccccc5-c5ccccc54)c4ccccc34)cc2)c2ccc(N(c3ccccc3)c3ccccc3)cc2)cc1. The average Bonchev–Trinajstić information content (AvgIpc) is 3.96. The van der Waals surface area contributed by atoms with E-state index >= 15 is 0 Å². The van der Waals surface area contributed by atoms with Gasteiger partial charge in [0, 0.05) is 34.1 Å². The van der Waals surface area contributed by atoms with E-state index in [1.807, 2.05) is 0 Å². The predicted octanol–water partition coefficient (Wildman–Crippen LogP) is 19.7. The molecule has 0 bridgehead atoms. The Hall–Kier alpha value is -9.76. The summed E-state index contributed by atoms with van der Waals surface area (Å²) in [6, 6.07) is 101. The summed E-state index contributed by atoms with van der Waals surface area (Å²) in [4.78, 5) is 4.69. The van der Waals surface area contributed by atoms with Gasteiger partial charge in [-0.05, 0) is 184 Å². The second-order valence-corrected chi connectivity index (χ2v) is 19.2. The molecule has 0 atom stereocenters. The van der Waals surface area contributed by atoms with Gasteiger partial charge in [0.05, 0.1) is 0 Å². The number of nitrogens with zero attached hydrogens (tertiary/aromatic N) is 2. The third-order valence-corrected chi connectivity index (χ3v) is 15.0. The molecule has 12 aromatic carbocycles. The number of para-hydroxylation sites is 2. The maximum absolute atomic E-state index is 2.44. The lowest BCUT2D eigenvalue weighted by atomic mass is 9.87. The average molecular weight is 941 g/mol. The molecule has 2 heteroatoms. The van der Waals surface area contributed by atoms with Crippen molar-refractivity contribution in [3.8, 4) is 33.4 Å². The summed E-state index contributed by atoms with van der Waals surface area (Å²) in [7, 11) is 0. The first-order chi connectivity index (χ1) is 36.7. The van der Waals surface area contributed by atoms with Crippen LogP contribution in [0.1, 0.15) is 33.4 Å². The van der Waals surface area contributed by atoms with Crippen LogP contribution in [0, 0.1) is 0 Å². The lowest BCUT2D eigenvalue weighted by Crippen LogP contribution is -2.12. The molecule has 2 aliphatic carbocycles. The normalized spacial score (nSPS) is 12.0. The largest absolute Gasteiger partial charge is 0.311 e. The van der Waals surface area contributed by atoms with Crippen molar-refractivity contribution in [2.75, 3.05) is 9.80 Å². The zero-order valence-corrected chi connectivity index (χ0v) is 40.6. The molecule has 14 rings (SSSR count). The van der Waals surface area contributed by atoms with E-state index in [1.54, 1.807) is 0 Å². The lowest BCUT2D eigenvalue weighted by Gasteiger charge is -2.28. The van der Waals surface area contributed by atoms with Gasteiger partial charge >= 0.3 is 0 Å². The van der Waals surface area contributed by atoms with Crippen LogP contribution in [0.5, 0.6) is 0 Å². The van der Waals surface area contributed by atoms with Gasteiger partial charge in [-0.3, -0.25) is 0 Å². The molecule has 0 N–H and O–H groups in total. The van der Waals surface area contributed by atoms with Gasteiger partial charge in [-0.1, -0.05) is 206 Å². The summed E-state index contributed by atoms with van der Waals surface area (Å²) in [5.41, 5.74) is 24.1. The van der Waals surface area contributed by atoms with Crippen molar-refractivity contribution >= 4 is 79.0 Å². The maximum Gasteiger partial charge on any atom is 0.0463 e. The van der Waals surface area contributed by atoms with Gasteiger partial charge in [-0.2, -0.15) is 0 Å². The quantitative estimate of drug-likeness (QED) is 0.133. The number of rotatable bonds is 9. The van der Waals surface area contributed by atoms with Crippen molar-refractivity contribution in [3.05, 3.63) is 312 Å². The second-order valence-electron chi connectivity index (χ2n) is 19.2. The molecule has 0 spiro atoms. The van der Waals surface area contributed by atoms with Crippen LogP contribution in [0.15, 0.2) is 279 Å². The van der Waals surface area contributed by atoms with Crippen LogP contribution in [-0.4, -0.2) is 0 Å². The Bertz CT molecular complexity index is 3960. The minimum atomic E-state index is 1.07. The molecule has 0 saturated carbocycles. The summed E-state index contributed by atoms with van der Waals surface area (Å²) in [6.45, 7) is 0. The van der Waals surface area contributed by atoms with Crippen molar-refractivity contribution < 1.29 is 0 Å². The highest BCUT2D eigenvalue weighted by molar-refractivity contribution is 6.20. The van der Waals surface area contributed by atoms with E-state index < -0.39 is 0 Å². The molecular formula is C72H48N2. The molecule has 12 aromatic rings. The minimum Gasteiger partial charge on any atom is -0.311 e. The summed E-state index contributed by atoms with van der Waals surface area (Å²) >= 11 is 0. The summed E-state index contributed by atoms with van der Waals surface area (Å²) in [5.74, 6) is 0. The van der Waals surface area contributed by atoms with Gasteiger partial charge in [0.1, 0.15) is 0 Å². The number of hydrogen-bond acceptors (Lipinski definition) is 2. The van der Waals surface area contributed by atoms with Crippen LogP contribution in [0.25, 0.3) is 78.2 Å². The summed E-state index contributed by atoms with van der Waals surface area (Å²) < 4.78 is 0. The van der Waals surface area contributed by atoms with Crippen LogP contribution < -0.4 is 9.80 Å². The number of benzene rings is 12. The Morgan fingerprint density at radius 2 is 0.500 bits per heavy atom. The number of fused-ring (bicyclic) bond motifs is 8. The standard InChI is InChI=1S/C72H48N2/c1-3-19-51(20-4-1)73(52-21-5-2-6-22-52)55-43-45-56(46-44-55)74(53-39-35-49(36-40-53)47-69-61-27-11-7-23-57(61)58-24-8-12-28-62(58)69)54-41-37-50(38-42-54)72-67-33-17-15-31-65(67)71(66-32-16-18-34-68(66)72)48-70-63-29-13-9-25-59(63)60-26-10-14-30-64(60)70/h1-48H. The van der Waals surface area contributed by atoms with E-state index in [9.17, 15) is 0 Å². The fourth-order valence-corrected chi connectivity index (χ4v) is 11.6. The molecular weight excluding hydrogens is 893 g/mol. The monoisotopic (exact) mass is 940 g/mol.